The molecule has 0 amide bonds. The van der Waals surface area contributed by atoms with E-state index in [1.165, 1.54) is 12.1 Å². The van der Waals surface area contributed by atoms with E-state index < -0.39 is 0 Å². The Labute approximate surface area is 122 Å². The molecule has 3 nitrogen and oxygen atoms in total. The fraction of sp³-hybridized carbons (Fsp3) is 0.571. The molecule has 1 fully saturated rings. The van der Waals surface area contributed by atoms with Crippen molar-refractivity contribution in [3.05, 3.63) is 28.5 Å². The van der Waals surface area contributed by atoms with Gasteiger partial charge in [-0.15, -0.1) is 0 Å². The van der Waals surface area contributed by atoms with Gasteiger partial charge in [0.05, 0.1) is 0 Å². The molecule has 0 bridgehead atoms. The van der Waals surface area contributed by atoms with Gasteiger partial charge in [0.2, 0.25) is 0 Å². The number of hydrogen-bond acceptors (Lipinski definition) is 3. The molecule has 5 heteroatoms. The molecule has 0 aromatic heterocycles. The number of rotatable bonds is 4. The lowest BCUT2D eigenvalue weighted by Gasteiger charge is -2.34. The summed E-state index contributed by atoms with van der Waals surface area (Å²) >= 11 is 3.25. The minimum Gasteiger partial charge on any atom is -0.492 e. The second kappa shape index (κ2) is 6.68. The van der Waals surface area contributed by atoms with Crippen LogP contribution in [0.1, 0.15) is 13.3 Å². The van der Waals surface area contributed by atoms with E-state index >= 15 is 0 Å². The number of ether oxygens (including phenoxy) is 1. The molecule has 1 aliphatic rings. The van der Waals surface area contributed by atoms with Gasteiger partial charge in [0.25, 0.3) is 0 Å². The van der Waals surface area contributed by atoms with Crippen LogP contribution in [-0.4, -0.2) is 37.2 Å². The highest BCUT2D eigenvalue weighted by molar-refractivity contribution is 9.10. The van der Waals surface area contributed by atoms with E-state index in [4.69, 9.17) is 10.5 Å². The highest BCUT2D eigenvalue weighted by Gasteiger charge is 2.22. The van der Waals surface area contributed by atoms with Gasteiger partial charge in [0.1, 0.15) is 18.2 Å². The molecule has 1 heterocycles. The van der Waals surface area contributed by atoms with E-state index in [1.807, 2.05) is 0 Å². The molecular weight excluding hydrogens is 311 g/mol. The van der Waals surface area contributed by atoms with E-state index in [9.17, 15) is 4.39 Å². The van der Waals surface area contributed by atoms with Crippen LogP contribution in [0.3, 0.4) is 0 Å². The molecule has 2 atom stereocenters. The quantitative estimate of drug-likeness (QED) is 0.922. The zero-order valence-electron chi connectivity index (χ0n) is 11.1. The van der Waals surface area contributed by atoms with Crippen molar-refractivity contribution in [1.29, 1.82) is 0 Å². The van der Waals surface area contributed by atoms with Crippen LogP contribution in [0.5, 0.6) is 5.75 Å². The lowest BCUT2D eigenvalue weighted by molar-refractivity contribution is 0.140. The van der Waals surface area contributed by atoms with Crippen molar-refractivity contribution >= 4 is 15.9 Å². The highest BCUT2D eigenvalue weighted by Crippen LogP contribution is 2.21. The molecule has 1 aliphatic heterocycles. The average molecular weight is 331 g/mol. The Morgan fingerprint density at radius 1 is 1.47 bits per heavy atom. The van der Waals surface area contributed by atoms with Crippen molar-refractivity contribution in [2.24, 2.45) is 11.7 Å². The molecule has 19 heavy (non-hydrogen) atoms. The Balaban J connectivity index is 1.77. The Kier molecular flexibility index (Phi) is 5.19. The largest absolute Gasteiger partial charge is 0.492 e. The summed E-state index contributed by atoms with van der Waals surface area (Å²) in [6, 6.07) is 4.91. The number of halogens is 2. The first-order valence-corrected chi connectivity index (χ1v) is 7.41. The van der Waals surface area contributed by atoms with Crippen molar-refractivity contribution in [2.45, 2.75) is 19.4 Å². The highest BCUT2D eigenvalue weighted by atomic mass is 79.9. The van der Waals surface area contributed by atoms with Crippen molar-refractivity contribution in [1.82, 2.24) is 4.90 Å². The molecule has 106 valence electrons. The van der Waals surface area contributed by atoms with Gasteiger partial charge in [0, 0.05) is 29.7 Å². The molecule has 1 aromatic carbocycles. The van der Waals surface area contributed by atoms with E-state index in [0.717, 1.165) is 26.1 Å². The van der Waals surface area contributed by atoms with Crippen LogP contribution in [0.15, 0.2) is 22.7 Å². The van der Waals surface area contributed by atoms with E-state index in [0.29, 0.717) is 28.8 Å². The molecule has 2 rings (SSSR count). The summed E-state index contributed by atoms with van der Waals surface area (Å²) in [5.74, 6) is 0.799. The summed E-state index contributed by atoms with van der Waals surface area (Å²) in [7, 11) is 0. The summed E-state index contributed by atoms with van der Waals surface area (Å²) < 4.78 is 19.5. The average Bonchev–Trinajstić information content (AvgIpc) is 2.32. The maximum absolute atomic E-state index is 13.2. The van der Waals surface area contributed by atoms with Gasteiger partial charge in [-0.1, -0.05) is 22.9 Å². The number of nitrogens with zero attached hydrogens (tertiary/aromatic N) is 1. The lowest BCUT2D eigenvalue weighted by atomic mass is 9.95. The van der Waals surface area contributed by atoms with Gasteiger partial charge in [-0.3, -0.25) is 4.90 Å². The van der Waals surface area contributed by atoms with Crippen LogP contribution < -0.4 is 10.5 Å². The van der Waals surface area contributed by atoms with Gasteiger partial charge in [-0.2, -0.15) is 0 Å². The predicted molar refractivity (Wildman–Crippen MR) is 77.8 cm³/mol. The predicted octanol–water partition coefficient (Wildman–Crippen LogP) is 2.64. The molecule has 1 saturated heterocycles. The number of likely N-dealkylation sites (tertiary alicyclic amines) is 1. The van der Waals surface area contributed by atoms with Crippen LogP contribution in [0.2, 0.25) is 0 Å². The van der Waals surface area contributed by atoms with Gasteiger partial charge in [-0.25, -0.2) is 4.39 Å². The SMILES string of the molecule is CC1CN(CCOc2cc(F)cc(Br)c2)CCC1N. The van der Waals surface area contributed by atoms with Crippen LogP contribution in [0.25, 0.3) is 0 Å². The Morgan fingerprint density at radius 3 is 2.95 bits per heavy atom. The second-order valence-corrected chi connectivity index (χ2v) is 6.10. The summed E-state index contributed by atoms with van der Waals surface area (Å²) in [6.07, 6.45) is 1.03. The summed E-state index contributed by atoms with van der Waals surface area (Å²) in [5.41, 5.74) is 5.99. The van der Waals surface area contributed by atoms with Crippen LogP contribution in [0.4, 0.5) is 4.39 Å². The normalized spacial score (nSPS) is 24.4. The molecule has 1 aromatic rings. The summed E-state index contributed by atoms with van der Waals surface area (Å²) in [5, 5.41) is 0. The van der Waals surface area contributed by atoms with Crippen molar-refractivity contribution in [3.63, 3.8) is 0 Å². The minimum absolute atomic E-state index is 0.290. The van der Waals surface area contributed by atoms with Gasteiger partial charge in [0.15, 0.2) is 0 Å². The van der Waals surface area contributed by atoms with Gasteiger partial charge < -0.3 is 10.5 Å². The Bertz CT molecular complexity index is 410. The van der Waals surface area contributed by atoms with Gasteiger partial charge >= 0.3 is 0 Å². The maximum Gasteiger partial charge on any atom is 0.128 e. The fourth-order valence-corrected chi connectivity index (χ4v) is 2.80. The van der Waals surface area contributed by atoms with E-state index in [1.54, 1.807) is 6.07 Å². The molecule has 2 N–H and O–H groups in total. The maximum atomic E-state index is 13.2. The van der Waals surface area contributed by atoms with Crippen molar-refractivity contribution < 1.29 is 9.13 Å². The third kappa shape index (κ3) is 4.44. The molecule has 0 radical (unpaired) electrons. The first-order chi connectivity index (χ1) is 9.04. The molecule has 0 spiro atoms. The zero-order chi connectivity index (χ0) is 13.8. The molecule has 2 unspecified atom stereocenters. The number of benzene rings is 1. The standard InChI is InChI=1S/C14H20BrFN2O/c1-10-9-18(3-2-14(10)17)4-5-19-13-7-11(15)6-12(16)8-13/h6-8,10,14H,2-5,9,17H2,1H3. The number of hydrogen-bond donors (Lipinski definition) is 1. The van der Waals surface area contributed by atoms with Crippen LogP contribution >= 0.6 is 15.9 Å². The second-order valence-electron chi connectivity index (χ2n) is 5.18. The fourth-order valence-electron chi connectivity index (χ4n) is 2.36. The van der Waals surface area contributed by atoms with Crippen LogP contribution in [0, 0.1) is 11.7 Å². The summed E-state index contributed by atoms with van der Waals surface area (Å²) in [4.78, 5) is 2.35. The molecular formula is C14H20BrFN2O. The van der Waals surface area contributed by atoms with Crippen molar-refractivity contribution in [3.8, 4) is 5.75 Å². The molecule has 0 saturated carbocycles. The minimum atomic E-state index is -0.290. The van der Waals surface area contributed by atoms with Crippen molar-refractivity contribution in [2.75, 3.05) is 26.2 Å². The smallest absolute Gasteiger partial charge is 0.128 e. The molecule has 0 aliphatic carbocycles. The van der Waals surface area contributed by atoms with E-state index in [2.05, 4.69) is 27.8 Å². The first-order valence-electron chi connectivity index (χ1n) is 6.61. The van der Waals surface area contributed by atoms with E-state index in [-0.39, 0.29) is 5.82 Å². The number of nitrogens with two attached hydrogens (primary N) is 1. The summed E-state index contributed by atoms with van der Waals surface area (Å²) in [6.45, 7) is 5.63. The zero-order valence-corrected chi connectivity index (χ0v) is 12.7. The Morgan fingerprint density at radius 2 is 2.26 bits per heavy atom. The first kappa shape index (κ1) is 14.8. The lowest BCUT2D eigenvalue weighted by Crippen LogP contribution is -2.46. The third-order valence-electron chi connectivity index (χ3n) is 3.57. The van der Waals surface area contributed by atoms with Gasteiger partial charge in [-0.05, 0) is 31.0 Å². The monoisotopic (exact) mass is 330 g/mol. The Hall–Kier alpha value is -0.650. The number of piperidine rings is 1. The topological polar surface area (TPSA) is 38.5 Å². The third-order valence-corrected chi connectivity index (χ3v) is 4.03. The van der Waals surface area contributed by atoms with Crippen LogP contribution in [-0.2, 0) is 0 Å².